The van der Waals surface area contributed by atoms with Crippen LogP contribution in [0.3, 0.4) is 0 Å². The highest BCUT2D eigenvalue weighted by Crippen LogP contribution is 2.20. The third kappa shape index (κ3) is 2.91. The lowest BCUT2D eigenvalue weighted by molar-refractivity contribution is -0.130. The van der Waals surface area contributed by atoms with Gasteiger partial charge >= 0.3 is 0 Å². The average molecular weight is 247 g/mol. The van der Waals surface area contributed by atoms with Gasteiger partial charge in [0, 0.05) is 6.61 Å². The molecule has 1 amide bonds. The van der Waals surface area contributed by atoms with Crippen LogP contribution in [0, 0.1) is 13.8 Å². The van der Waals surface area contributed by atoms with Gasteiger partial charge in [-0.3, -0.25) is 4.79 Å². The molecule has 1 N–H and O–H groups in total. The van der Waals surface area contributed by atoms with Crippen LogP contribution in [0.1, 0.15) is 42.5 Å². The van der Waals surface area contributed by atoms with Crippen molar-refractivity contribution in [2.45, 2.75) is 45.8 Å². The molecule has 1 aromatic rings. The van der Waals surface area contributed by atoms with Gasteiger partial charge in [0.1, 0.15) is 6.10 Å². The molecule has 1 fully saturated rings. The zero-order valence-corrected chi connectivity index (χ0v) is 11.3. The Morgan fingerprint density at radius 2 is 2.22 bits per heavy atom. The number of hydrogen-bond acceptors (Lipinski definition) is 2. The lowest BCUT2D eigenvalue weighted by Gasteiger charge is -2.19. The molecule has 2 atom stereocenters. The van der Waals surface area contributed by atoms with Gasteiger partial charge in [-0.2, -0.15) is 0 Å². The first-order valence-corrected chi connectivity index (χ1v) is 6.57. The number of benzene rings is 1. The lowest BCUT2D eigenvalue weighted by atomic mass is 10.00. The van der Waals surface area contributed by atoms with Crippen molar-refractivity contribution in [3.63, 3.8) is 0 Å². The number of hydrogen-bond donors (Lipinski definition) is 1. The van der Waals surface area contributed by atoms with Gasteiger partial charge in [-0.25, -0.2) is 0 Å². The van der Waals surface area contributed by atoms with Crippen LogP contribution in [-0.2, 0) is 9.53 Å². The summed E-state index contributed by atoms with van der Waals surface area (Å²) >= 11 is 0. The topological polar surface area (TPSA) is 38.3 Å². The summed E-state index contributed by atoms with van der Waals surface area (Å²) in [4.78, 5) is 12.0. The van der Waals surface area contributed by atoms with Crippen molar-refractivity contribution in [3.05, 3.63) is 34.9 Å². The van der Waals surface area contributed by atoms with E-state index in [0.717, 1.165) is 12.8 Å². The van der Waals surface area contributed by atoms with E-state index >= 15 is 0 Å². The van der Waals surface area contributed by atoms with E-state index in [2.05, 4.69) is 37.4 Å². The Morgan fingerprint density at radius 3 is 2.89 bits per heavy atom. The molecule has 1 saturated heterocycles. The number of amides is 1. The Morgan fingerprint density at radius 1 is 1.44 bits per heavy atom. The van der Waals surface area contributed by atoms with Crippen molar-refractivity contribution in [1.29, 1.82) is 0 Å². The van der Waals surface area contributed by atoms with E-state index in [1.165, 1.54) is 16.7 Å². The number of carbonyl (C=O) groups is 1. The zero-order valence-electron chi connectivity index (χ0n) is 11.3. The maximum atomic E-state index is 12.0. The summed E-state index contributed by atoms with van der Waals surface area (Å²) in [6.45, 7) is 6.87. The fraction of sp³-hybridized carbons (Fsp3) is 0.533. The third-order valence-electron chi connectivity index (χ3n) is 3.48. The van der Waals surface area contributed by atoms with Crippen LogP contribution in [0.15, 0.2) is 18.2 Å². The van der Waals surface area contributed by atoms with Crippen LogP contribution >= 0.6 is 0 Å². The van der Waals surface area contributed by atoms with Gasteiger partial charge in [0.2, 0.25) is 5.91 Å². The minimum absolute atomic E-state index is 0.0147. The van der Waals surface area contributed by atoms with Crippen molar-refractivity contribution in [2.24, 2.45) is 0 Å². The Kier molecular flexibility index (Phi) is 4.02. The molecular weight excluding hydrogens is 226 g/mol. The van der Waals surface area contributed by atoms with Gasteiger partial charge in [-0.15, -0.1) is 0 Å². The van der Waals surface area contributed by atoms with Crippen LogP contribution < -0.4 is 5.32 Å². The number of nitrogens with one attached hydrogen (secondary N) is 1. The highest BCUT2D eigenvalue weighted by molar-refractivity contribution is 5.81. The Balaban J connectivity index is 2.04. The number of ether oxygens (including phenoxy) is 1. The smallest absolute Gasteiger partial charge is 0.249 e. The molecule has 0 saturated carbocycles. The molecule has 0 unspecified atom stereocenters. The molecule has 1 aliphatic rings. The Hall–Kier alpha value is -1.35. The van der Waals surface area contributed by atoms with Gasteiger partial charge < -0.3 is 10.1 Å². The number of carbonyl (C=O) groups excluding carboxylic acids is 1. The second-order valence-electron chi connectivity index (χ2n) is 5.09. The molecule has 3 nitrogen and oxygen atoms in total. The summed E-state index contributed by atoms with van der Waals surface area (Å²) < 4.78 is 5.39. The van der Waals surface area contributed by atoms with Crippen LogP contribution in [-0.4, -0.2) is 18.6 Å². The molecule has 0 aromatic heterocycles. The number of rotatable bonds is 3. The normalized spacial score (nSPS) is 20.7. The monoisotopic (exact) mass is 247 g/mol. The molecule has 1 aromatic carbocycles. The van der Waals surface area contributed by atoms with Crippen LogP contribution in [0.5, 0.6) is 0 Å². The number of aryl methyl sites for hydroxylation is 2. The first kappa shape index (κ1) is 13.1. The van der Waals surface area contributed by atoms with Gasteiger partial charge in [-0.05, 0) is 44.7 Å². The molecule has 0 spiro atoms. The van der Waals surface area contributed by atoms with Crippen LogP contribution in [0.2, 0.25) is 0 Å². The van der Waals surface area contributed by atoms with Crippen molar-refractivity contribution >= 4 is 5.91 Å². The van der Waals surface area contributed by atoms with Crippen molar-refractivity contribution in [2.75, 3.05) is 6.61 Å². The predicted molar refractivity (Wildman–Crippen MR) is 71.4 cm³/mol. The van der Waals surface area contributed by atoms with Crippen molar-refractivity contribution in [3.8, 4) is 0 Å². The first-order chi connectivity index (χ1) is 8.58. The van der Waals surface area contributed by atoms with Crippen molar-refractivity contribution in [1.82, 2.24) is 5.32 Å². The SMILES string of the molecule is Cc1ccc(C)c([C@H](C)NC(=O)[C@@H]2CCCO2)c1. The first-order valence-electron chi connectivity index (χ1n) is 6.57. The fourth-order valence-corrected chi connectivity index (χ4v) is 2.39. The van der Waals surface area contributed by atoms with E-state index in [1.54, 1.807) is 0 Å². The van der Waals surface area contributed by atoms with Gasteiger partial charge in [0.15, 0.2) is 0 Å². The van der Waals surface area contributed by atoms with E-state index in [4.69, 9.17) is 4.74 Å². The Labute approximate surface area is 109 Å². The van der Waals surface area contributed by atoms with Gasteiger partial charge in [-0.1, -0.05) is 23.8 Å². The van der Waals surface area contributed by atoms with Crippen LogP contribution in [0.25, 0.3) is 0 Å². The van der Waals surface area contributed by atoms with E-state index in [0.29, 0.717) is 6.61 Å². The molecule has 3 heteroatoms. The fourth-order valence-electron chi connectivity index (χ4n) is 2.39. The Bertz CT molecular complexity index is 436. The summed E-state index contributed by atoms with van der Waals surface area (Å²) in [6, 6.07) is 6.35. The second-order valence-corrected chi connectivity index (χ2v) is 5.09. The molecule has 18 heavy (non-hydrogen) atoms. The molecule has 1 heterocycles. The summed E-state index contributed by atoms with van der Waals surface area (Å²) in [5, 5.41) is 3.04. The summed E-state index contributed by atoms with van der Waals surface area (Å²) in [6.07, 6.45) is 1.57. The molecule has 2 rings (SSSR count). The maximum Gasteiger partial charge on any atom is 0.249 e. The molecule has 98 valence electrons. The van der Waals surface area contributed by atoms with E-state index in [9.17, 15) is 4.79 Å². The summed E-state index contributed by atoms with van der Waals surface area (Å²) in [5.74, 6) is 0.0147. The predicted octanol–water partition coefficient (Wildman–Crippen LogP) is 2.66. The standard InChI is InChI=1S/C15H21NO2/c1-10-6-7-11(2)13(9-10)12(3)16-15(17)14-5-4-8-18-14/h6-7,9,12,14H,4-5,8H2,1-3H3,(H,16,17)/t12-,14-/m0/s1. The van der Waals surface area contributed by atoms with Gasteiger partial charge in [0.05, 0.1) is 6.04 Å². The highest BCUT2D eigenvalue weighted by atomic mass is 16.5. The molecule has 0 bridgehead atoms. The highest BCUT2D eigenvalue weighted by Gasteiger charge is 2.25. The van der Waals surface area contributed by atoms with E-state index < -0.39 is 0 Å². The molecule has 0 aliphatic carbocycles. The van der Waals surface area contributed by atoms with E-state index in [-0.39, 0.29) is 18.1 Å². The minimum Gasteiger partial charge on any atom is -0.368 e. The average Bonchev–Trinajstić information content (AvgIpc) is 2.85. The zero-order chi connectivity index (χ0) is 13.1. The lowest BCUT2D eigenvalue weighted by Crippen LogP contribution is -2.36. The third-order valence-corrected chi connectivity index (χ3v) is 3.48. The maximum absolute atomic E-state index is 12.0. The van der Waals surface area contributed by atoms with Crippen LogP contribution in [0.4, 0.5) is 0 Å². The minimum atomic E-state index is -0.252. The van der Waals surface area contributed by atoms with Crippen molar-refractivity contribution < 1.29 is 9.53 Å². The summed E-state index contributed by atoms with van der Waals surface area (Å²) in [5.41, 5.74) is 3.61. The second kappa shape index (κ2) is 5.53. The van der Waals surface area contributed by atoms with Gasteiger partial charge in [0.25, 0.3) is 0 Å². The molecular formula is C15H21NO2. The molecule has 0 radical (unpaired) electrons. The molecule has 1 aliphatic heterocycles. The largest absolute Gasteiger partial charge is 0.368 e. The van der Waals surface area contributed by atoms with E-state index in [1.807, 2.05) is 6.92 Å². The quantitative estimate of drug-likeness (QED) is 0.891. The summed E-state index contributed by atoms with van der Waals surface area (Å²) in [7, 11) is 0.